The van der Waals surface area contributed by atoms with Crippen molar-refractivity contribution < 1.29 is 42.6 Å². The Hall–Kier alpha value is -3.01. The number of halogens is 5. The summed E-state index contributed by atoms with van der Waals surface area (Å²) >= 11 is 31.1. The SMILES string of the molecule is NC[C@H]1O[C@H](O[C@H]2[C@H](OCc3ccc(Cl)cc3)[C@@H](O[C@H]3O[C@H](COCc4ccc(Cl)cc4)[C@@H](OCc4ccc(Cl)cc4)[C@H](N)[C@H]3OCc3ccc(Cl)cc3)[C@H](N)C[C@@H]2N)[C@H](N)C[C@@H]1OCc1ccc(Cl)cc1. The van der Waals surface area contributed by atoms with Gasteiger partial charge in [0, 0.05) is 43.7 Å². The number of hydrogen-bond acceptors (Lipinski definition) is 14. The molecule has 14 atom stereocenters. The van der Waals surface area contributed by atoms with E-state index in [1.54, 1.807) is 48.5 Å². The molecule has 10 N–H and O–H groups in total. The van der Waals surface area contributed by atoms with Crippen LogP contribution in [0.15, 0.2) is 121 Å². The molecule has 1 saturated carbocycles. The van der Waals surface area contributed by atoms with Gasteiger partial charge in [0.1, 0.15) is 36.6 Å². The highest BCUT2D eigenvalue weighted by Gasteiger charge is 2.52. The van der Waals surface area contributed by atoms with E-state index in [0.717, 1.165) is 27.8 Å². The van der Waals surface area contributed by atoms with Crippen LogP contribution in [-0.4, -0.2) is 98.7 Å². The van der Waals surface area contributed by atoms with Gasteiger partial charge >= 0.3 is 0 Å². The van der Waals surface area contributed by atoms with Crippen molar-refractivity contribution in [3.05, 3.63) is 174 Å². The van der Waals surface area contributed by atoms with Crippen LogP contribution >= 0.6 is 58.0 Å². The minimum atomic E-state index is -1.15. The predicted octanol–water partition coefficient (Wildman–Crippen LogP) is 8.09. The summed E-state index contributed by atoms with van der Waals surface area (Å²) in [6, 6.07) is 34.0. The fourth-order valence-electron chi connectivity index (χ4n) is 9.09. The fourth-order valence-corrected chi connectivity index (χ4v) is 9.72. The van der Waals surface area contributed by atoms with Gasteiger partial charge in [0.05, 0.1) is 63.9 Å². The number of nitrogens with two attached hydrogens (primary N) is 5. The Morgan fingerprint density at radius 3 is 1.22 bits per heavy atom. The third kappa shape index (κ3) is 15.1. The van der Waals surface area contributed by atoms with E-state index >= 15 is 0 Å². The van der Waals surface area contributed by atoms with Gasteiger partial charge in [-0.15, -0.1) is 0 Å². The van der Waals surface area contributed by atoms with E-state index in [4.69, 9.17) is 129 Å². The average Bonchev–Trinajstić information content (AvgIpc) is 3.37. The topological polar surface area (TPSA) is 213 Å². The van der Waals surface area contributed by atoms with Gasteiger partial charge in [0.25, 0.3) is 0 Å². The van der Waals surface area contributed by atoms with E-state index < -0.39 is 85.6 Å². The maximum absolute atomic E-state index is 7.29. The standard InChI is InChI=1S/C53H62Cl5N5O9/c54-35-11-1-30(2-12-35)24-64-29-45-49(66-26-32-5-15-37(56)16-6-32)46(63)50(67-27-33-7-17-38(57)18-8-33)53(70-45)72-48-41(61)21-40(60)47(51(48)68-28-34-9-19-39(58)20-10-34)71-52-42(62)22-43(44(23-59)69-52)65-25-31-3-13-36(55)14-4-31/h1-20,40-53H,21-29,59-63H2/t40-,41+,42+,43-,44+,45+,46-,47+,48-,49+,50+,51-,52+,53+/m0/s1. The maximum atomic E-state index is 7.29. The van der Waals surface area contributed by atoms with E-state index in [1.807, 2.05) is 72.8 Å². The molecule has 0 radical (unpaired) electrons. The van der Waals surface area contributed by atoms with E-state index in [-0.39, 0.29) is 46.0 Å². The first-order chi connectivity index (χ1) is 34.8. The molecule has 2 heterocycles. The normalized spacial score (nSPS) is 29.8. The molecule has 3 aliphatic rings. The van der Waals surface area contributed by atoms with Gasteiger partial charge in [-0.1, -0.05) is 119 Å². The monoisotopic (exact) mass is 1090 g/mol. The lowest BCUT2D eigenvalue weighted by Crippen LogP contribution is -2.69. The summed E-state index contributed by atoms with van der Waals surface area (Å²) in [5.74, 6) is 0. The molecule has 8 rings (SSSR count). The Morgan fingerprint density at radius 2 is 0.778 bits per heavy atom. The van der Waals surface area contributed by atoms with E-state index in [0.29, 0.717) is 38.1 Å². The van der Waals surface area contributed by atoms with Crippen molar-refractivity contribution in [2.45, 2.75) is 131 Å². The fraction of sp³-hybridized carbons (Fsp3) is 0.434. The van der Waals surface area contributed by atoms with E-state index in [2.05, 4.69) is 0 Å². The highest BCUT2D eigenvalue weighted by molar-refractivity contribution is 6.31. The molecule has 5 aromatic rings. The second-order valence-electron chi connectivity index (χ2n) is 18.4. The zero-order valence-electron chi connectivity index (χ0n) is 39.4. The van der Waals surface area contributed by atoms with Gasteiger partial charge in [-0.3, -0.25) is 0 Å². The van der Waals surface area contributed by atoms with Crippen LogP contribution in [0.4, 0.5) is 0 Å². The molecule has 14 nitrogen and oxygen atoms in total. The quantitative estimate of drug-likeness (QED) is 0.0470. The van der Waals surface area contributed by atoms with Crippen LogP contribution in [0.25, 0.3) is 0 Å². The summed E-state index contributed by atoms with van der Waals surface area (Å²) in [6.45, 7) is 1.23. The van der Waals surface area contributed by atoms with Crippen molar-refractivity contribution in [2.24, 2.45) is 28.7 Å². The Morgan fingerprint density at radius 1 is 0.403 bits per heavy atom. The van der Waals surface area contributed by atoms with Gasteiger partial charge < -0.3 is 71.3 Å². The molecule has 19 heteroatoms. The molecule has 2 saturated heterocycles. The number of hydrogen-bond donors (Lipinski definition) is 5. The summed E-state index contributed by atoms with van der Waals surface area (Å²) < 4.78 is 60.2. The van der Waals surface area contributed by atoms with Crippen LogP contribution in [0, 0.1) is 0 Å². The van der Waals surface area contributed by atoms with Gasteiger partial charge in [-0.25, -0.2) is 0 Å². The van der Waals surface area contributed by atoms with Crippen molar-refractivity contribution in [3.63, 3.8) is 0 Å². The average molecular weight is 1090 g/mol. The molecule has 388 valence electrons. The van der Waals surface area contributed by atoms with Crippen LogP contribution in [0.5, 0.6) is 0 Å². The summed E-state index contributed by atoms with van der Waals surface area (Å²) in [5.41, 5.74) is 38.9. The first kappa shape index (κ1) is 55.2. The van der Waals surface area contributed by atoms with Crippen molar-refractivity contribution in [3.8, 4) is 0 Å². The molecule has 2 aliphatic heterocycles. The maximum Gasteiger partial charge on any atom is 0.186 e. The molecule has 0 unspecified atom stereocenters. The highest BCUT2D eigenvalue weighted by atomic mass is 35.5. The van der Waals surface area contributed by atoms with Gasteiger partial charge in [0.15, 0.2) is 12.6 Å². The third-order valence-corrected chi connectivity index (χ3v) is 14.3. The molecule has 3 fully saturated rings. The molecule has 0 bridgehead atoms. The van der Waals surface area contributed by atoms with E-state index in [1.165, 1.54) is 0 Å². The Labute approximate surface area is 445 Å². The van der Waals surface area contributed by atoms with Crippen molar-refractivity contribution in [1.82, 2.24) is 0 Å². The van der Waals surface area contributed by atoms with Gasteiger partial charge in [-0.05, 0) is 101 Å². The lowest BCUT2D eigenvalue weighted by Gasteiger charge is -2.50. The Kier molecular flexibility index (Phi) is 20.4. The molecule has 0 amide bonds. The van der Waals surface area contributed by atoms with Crippen LogP contribution in [-0.2, 0) is 75.7 Å². The number of rotatable bonds is 21. The minimum Gasteiger partial charge on any atom is -0.374 e. The summed E-state index contributed by atoms with van der Waals surface area (Å²) in [6.07, 6.45) is -7.52. The minimum absolute atomic E-state index is 0.0683. The lowest BCUT2D eigenvalue weighted by atomic mass is 9.84. The largest absolute Gasteiger partial charge is 0.374 e. The van der Waals surface area contributed by atoms with Gasteiger partial charge in [0.2, 0.25) is 0 Å². The smallest absolute Gasteiger partial charge is 0.186 e. The zero-order valence-corrected chi connectivity index (χ0v) is 43.2. The molecular formula is C53H62Cl5N5O9. The number of benzene rings is 5. The molecule has 0 aromatic heterocycles. The van der Waals surface area contributed by atoms with Crippen LogP contribution in [0.2, 0.25) is 25.1 Å². The third-order valence-electron chi connectivity index (χ3n) is 13.0. The second kappa shape index (κ2) is 26.7. The van der Waals surface area contributed by atoms with Crippen LogP contribution < -0.4 is 28.7 Å². The van der Waals surface area contributed by atoms with Crippen LogP contribution in [0.1, 0.15) is 40.7 Å². The first-order valence-corrected chi connectivity index (χ1v) is 25.8. The van der Waals surface area contributed by atoms with Gasteiger partial charge in [-0.2, -0.15) is 0 Å². The predicted molar refractivity (Wildman–Crippen MR) is 278 cm³/mol. The summed E-state index contributed by atoms with van der Waals surface area (Å²) in [4.78, 5) is 0. The van der Waals surface area contributed by atoms with Crippen molar-refractivity contribution in [1.29, 1.82) is 0 Å². The van der Waals surface area contributed by atoms with Crippen LogP contribution in [0.3, 0.4) is 0 Å². The zero-order chi connectivity index (χ0) is 50.7. The molecule has 1 aliphatic carbocycles. The number of ether oxygens (including phenoxy) is 9. The Bertz CT molecular complexity index is 2420. The molecule has 0 spiro atoms. The Balaban J connectivity index is 1.07. The molecule has 72 heavy (non-hydrogen) atoms. The highest BCUT2D eigenvalue weighted by Crippen LogP contribution is 2.35. The van der Waals surface area contributed by atoms with Crippen molar-refractivity contribution in [2.75, 3.05) is 13.2 Å². The first-order valence-electron chi connectivity index (χ1n) is 23.9. The summed E-state index contributed by atoms with van der Waals surface area (Å²) in [7, 11) is 0. The second-order valence-corrected chi connectivity index (χ2v) is 20.6. The summed E-state index contributed by atoms with van der Waals surface area (Å²) in [5, 5.41) is 3.01. The molecule has 5 aromatic carbocycles. The molecular weight excluding hydrogens is 1030 g/mol. The lowest BCUT2D eigenvalue weighted by molar-refractivity contribution is -0.330. The van der Waals surface area contributed by atoms with E-state index in [9.17, 15) is 0 Å². The van der Waals surface area contributed by atoms with Crippen molar-refractivity contribution >= 4 is 58.0 Å².